The molecule has 0 aliphatic heterocycles. The summed E-state index contributed by atoms with van der Waals surface area (Å²) < 4.78 is 166. The zero-order valence-electron chi connectivity index (χ0n) is 37.7. The Morgan fingerprint density at radius 2 is 0.467 bits per heavy atom. The van der Waals surface area contributed by atoms with Crippen molar-refractivity contribution < 1.29 is 69.8 Å². The molecule has 0 saturated carbocycles. The van der Waals surface area contributed by atoms with Crippen LogP contribution in [0.4, 0.5) is 75.4 Å². The standard InChI is InChI=1S/2C28H14F6N3.Fe/c2*29-27(30,31)17-9-21-19-7-3-1-5-15(19)13-35-25(21)23(11-17)37-24-12-18(28(32,33)34)10-22-20-8-4-2-6-16(20)14-36-26(22)24;/h2*1-14H;/q2*-1;+2. The van der Waals surface area contributed by atoms with Gasteiger partial charge in [-0.2, -0.15) is 52.7 Å². The van der Waals surface area contributed by atoms with Crippen molar-refractivity contribution in [2.45, 2.75) is 24.7 Å². The minimum atomic E-state index is -4.71. The molecule has 0 N–H and O–H groups in total. The molecule has 19 heteroatoms. The number of halogens is 12. The van der Waals surface area contributed by atoms with Gasteiger partial charge in [0.1, 0.15) is 0 Å². The van der Waals surface area contributed by atoms with E-state index < -0.39 is 47.0 Å². The summed E-state index contributed by atoms with van der Waals surface area (Å²) in [6.45, 7) is 0. The first-order chi connectivity index (χ1) is 35.2. The van der Waals surface area contributed by atoms with Crippen LogP contribution in [0, 0.1) is 0 Å². The van der Waals surface area contributed by atoms with Crippen molar-refractivity contribution in [3.8, 4) is 0 Å². The van der Waals surface area contributed by atoms with E-state index in [1.807, 2.05) is 0 Å². The Morgan fingerprint density at radius 1 is 0.267 bits per heavy atom. The quantitative estimate of drug-likeness (QED) is 0.0999. The van der Waals surface area contributed by atoms with Crippen molar-refractivity contribution in [1.82, 2.24) is 19.9 Å². The number of benzene rings is 8. The fourth-order valence-electron chi connectivity index (χ4n) is 9.05. The largest absolute Gasteiger partial charge is 2.00 e. The van der Waals surface area contributed by atoms with Crippen molar-refractivity contribution in [1.29, 1.82) is 0 Å². The molecule has 6 nitrogen and oxygen atoms in total. The van der Waals surface area contributed by atoms with Gasteiger partial charge in [0.2, 0.25) is 0 Å². The number of fused-ring (bicyclic) bond motifs is 12. The van der Waals surface area contributed by atoms with Crippen LogP contribution < -0.4 is 0 Å². The Labute approximate surface area is 425 Å². The predicted molar refractivity (Wildman–Crippen MR) is 262 cm³/mol. The molecule has 0 aliphatic carbocycles. The molecule has 0 amide bonds. The molecule has 0 fully saturated rings. The molecule has 0 bridgehead atoms. The molecule has 75 heavy (non-hydrogen) atoms. The molecule has 4 aromatic heterocycles. The van der Waals surface area contributed by atoms with Crippen LogP contribution in [-0.4, -0.2) is 19.9 Å². The first kappa shape index (κ1) is 50.3. The number of hydrogen-bond acceptors (Lipinski definition) is 4. The van der Waals surface area contributed by atoms with Crippen molar-refractivity contribution in [3.05, 3.63) is 203 Å². The summed E-state index contributed by atoms with van der Waals surface area (Å²) in [6, 6.07) is 34.4. The molecule has 4 heterocycles. The molecule has 12 aromatic rings. The zero-order valence-corrected chi connectivity index (χ0v) is 38.8. The second kappa shape index (κ2) is 18.6. The second-order valence-electron chi connectivity index (χ2n) is 17.2. The van der Waals surface area contributed by atoms with Gasteiger partial charge in [0.15, 0.2) is 0 Å². The summed E-state index contributed by atoms with van der Waals surface area (Å²) in [6.07, 6.45) is -12.8. The minimum Gasteiger partial charge on any atom is -0.654 e. The van der Waals surface area contributed by atoms with Crippen molar-refractivity contribution in [2.75, 3.05) is 0 Å². The van der Waals surface area contributed by atoms with Crippen LogP contribution >= 0.6 is 0 Å². The fourth-order valence-corrected chi connectivity index (χ4v) is 9.05. The van der Waals surface area contributed by atoms with Gasteiger partial charge in [-0.05, 0) is 45.8 Å². The molecule has 374 valence electrons. The third-order valence-corrected chi connectivity index (χ3v) is 12.5. The van der Waals surface area contributed by atoms with Crippen LogP contribution in [0.1, 0.15) is 22.3 Å². The van der Waals surface area contributed by atoms with E-state index in [0.717, 1.165) is 48.5 Å². The van der Waals surface area contributed by atoms with Gasteiger partial charge in [0.25, 0.3) is 0 Å². The summed E-state index contributed by atoms with van der Waals surface area (Å²) in [5.41, 5.74) is -4.18. The normalized spacial score (nSPS) is 12.4. The minimum absolute atomic E-state index is 0. The summed E-state index contributed by atoms with van der Waals surface area (Å²) >= 11 is 0. The first-order valence-electron chi connectivity index (χ1n) is 22.2. The number of alkyl halides is 12. The van der Waals surface area contributed by atoms with E-state index in [0.29, 0.717) is 43.1 Å². The van der Waals surface area contributed by atoms with Crippen molar-refractivity contribution in [2.24, 2.45) is 0 Å². The molecule has 0 saturated heterocycles. The summed E-state index contributed by atoms with van der Waals surface area (Å²) in [4.78, 5) is 17.3. The number of pyridine rings is 4. The molecule has 0 unspecified atom stereocenters. The van der Waals surface area contributed by atoms with Crippen LogP contribution in [-0.2, 0) is 41.8 Å². The number of aromatic nitrogens is 4. The third-order valence-electron chi connectivity index (χ3n) is 12.5. The molecular weight excluding hydrogens is 1040 g/mol. The van der Waals surface area contributed by atoms with E-state index in [1.54, 1.807) is 97.1 Å². The van der Waals surface area contributed by atoms with Gasteiger partial charge >= 0.3 is 41.8 Å². The smallest absolute Gasteiger partial charge is 0.654 e. The maximum Gasteiger partial charge on any atom is 2.00 e. The van der Waals surface area contributed by atoms with E-state index in [1.165, 1.54) is 24.8 Å². The third kappa shape index (κ3) is 9.49. The van der Waals surface area contributed by atoms with Crippen LogP contribution in [0.5, 0.6) is 0 Å². The Bertz CT molecular complexity index is 3690. The summed E-state index contributed by atoms with van der Waals surface area (Å²) in [7, 11) is 0. The number of nitrogens with zero attached hydrogens (tertiary/aromatic N) is 6. The molecule has 0 aliphatic rings. The molecule has 0 radical (unpaired) electrons. The summed E-state index contributed by atoms with van der Waals surface area (Å²) in [5.74, 6) is 0. The van der Waals surface area contributed by atoms with Gasteiger partial charge < -0.3 is 10.6 Å². The van der Waals surface area contributed by atoms with Gasteiger partial charge in [0, 0.05) is 67.9 Å². The molecular formula is C56H28F12FeN6. The van der Waals surface area contributed by atoms with E-state index in [2.05, 4.69) is 30.6 Å². The maximum atomic E-state index is 13.9. The van der Waals surface area contributed by atoms with Crippen LogP contribution in [0.15, 0.2) is 170 Å². The van der Waals surface area contributed by atoms with Gasteiger partial charge in [-0.25, -0.2) is 0 Å². The maximum absolute atomic E-state index is 13.9. The monoisotopic (exact) mass is 1070 g/mol. The molecule has 8 aromatic carbocycles. The SMILES string of the molecule is FC(F)(F)c1cc([N-]c2cc(C(F)(F)F)cc3c2ncc2ccccc23)c2ncc3ccccc3c2c1.FC(F)(F)c1cc([N-]c2cc(C(F)(F)F)cc3c2ncc2ccccc23)c2ncc3ccccc3c2c1.[Fe+2]. The molecule has 12 rings (SSSR count). The van der Waals surface area contributed by atoms with Crippen LogP contribution in [0.2, 0.25) is 0 Å². The van der Waals surface area contributed by atoms with Crippen molar-refractivity contribution >= 4 is 109 Å². The average molecular weight is 1070 g/mol. The fraction of sp³-hybridized carbons (Fsp3) is 0.0714. The van der Waals surface area contributed by atoms with Gasteiger partial charge in [-0.3, -0.25) is 19.9 Å². The van der Waals surface area contributed by atoms with Gasteiger partial charge in [-0.1, -0.05) is 121 Å². The Hall–Kier alpha value is -8.28. The Morgan fingerprint density at radius 3 is 0.667 bits per heavy atom. The van der Waals surface area contributed by atoms with Gasteiger partial charge in [-0.15, -0.1) is 22.7 Å². The van der Waals surface area contributed by atoms with E-state index >= 15 is 0 Å². The van der Waals surface area contributed by atoms with E-state index in [9.17, 15) is 52.7 Å². The predicted octanol–water partition coefficient (Wildman–Crippen LogP) is 18.9. The van der Waals surface area contributed by atoms with Gasteiger partial charge in [0.05, 0.1) is 44.3 Å². The van der Waals surface area contributed by atoms with E-state index in [4.69, 9.17) is 0 Å². The van der Waals surface area contributed by atoms with Crippen LogP contribution in [0.25, 0.3) is 97.3 Å². The Balaban J connectivity index is 0.000000169. The topological polar surface area (TPSA) is 79.8 Å². The number of hydrogen-bond donors (Lipinski definition) is 0. The van der Waals surface area contributed by atoms with Crippen molar-refractivity contribution in [3.63, 3.8) is 0 Å². The van der Waals surface area contributed by atoms with E-state index in [-0.39, 0.29) is 83.4 Å². The molecule has 0 atom stereocenters. The van der Waals surface area contributed by atoms with Crippen LogP contribution in [0.3, 0.4) is 0 Å². The zero-order chi connectivity index (χ0) is 51.9. The number of rotatable bonds is 4. The Kier molecular flexibility index (Phi) is 12.5. The average Bonchev–Trinajstić information content (AvgIpc) is 3.37. The first-order valence-corrected chi connectivity index (χ1v) is 22.2. The molecule has 0 spiro atoms. The second-order valence-corrected chi connectivity index (χ2v) is 17.2. The summed E-state index contributed by atoms with van der Waals surface area (Å²) in [5, 5.41) is 14.0.